The van der Waals surface area contributed by atoms with Gasteiger partial charge in [-0.25, -0.2) is 22.8 Å². The number of hydrazone groups is 1. The number of sulfone groups is 1. The number of rotatable bonds is 12. The van der Waals surface area contributed by atoms with Gasteiger partial charge in [0.25, 0.3) is 0 Å². The number of methoxy groups -OCH3 is 1. The fourth-order valence-electron chi connectivity index (χ4n) is 6.34. The second-order valence-corrected chi connectivity index (χ2v) is 16.3. The summed E-state index contributed by atoms with van der Waals surface area (Å²) >= 11 is 0.909. The molecule has 0 bridgehead atoms. The summed E-state index contributed by atoms with van der Waals surface area (Å²) in [5.74, 6) is 0.249. The van der Waals surface area contributed by atoms with Crippen LogP contribution in [-0.4, -0.2) is 80.6 Å². The number of nitrogens with zero attached hydrogens (tertiary/aromatic N) is 7. The van der Waals surface area contributed by atoms with Gasteiger partial charge in [-0.15, -0.1) is 0 Å². The minimum absolute atomic E-state index is 0.0472. The monoisotopic (exact) mass is 728 g/mol. The van der Waals surface area contributed by atoms with Crippen molar-refractivity contribution in [2.24, 2.45) is 16.0 Å². The van der Waals surface area contributed by atoms with E-state index in [1.54, 1.807) is 0 Å². The van der Waals surface area contributed by atoms with Crippen molar-refractivity contribution in [3.63, 3.8) is 0 Å². The Balaban J connectivity index is 1.30. The van der Waals surface area contributed by atoms with E-state index in [1.807, 2.05) is 6.92 Å². The van der Waals surface area contributed by atoms with Crippen molar-refractivity contribution in [3.05, 3.63) is 63.7 Å². The quantitative estimate of drug-likeness (QED) is 0.136. The maximum atomic E-state index is 15.8. The average molecular weight is 729 g/mol. The van der Waals surface area contributed by atoms with Crippen LogP contribution in [0.4, 0.5) is 26.1 Å². The number of halogens is 2. The van der Waals surface area contributed by atoms with Crippen molar-refractivity contribution in [2.75, 3.05) is 45.7 Å². The third-order valence-electron chi connectivity index (χ3n) is 9.25. The molecule has 1 saturated heterocycles. The zero-order valence-corrected chi connectivity index (χ0v) is 29.8. The molecule has 3 heterocycles. The zero-order valence-electron chi connectivity index (χ0n) is 28.1. The molecular weight excluding hydrogens is 691 g/mol. The van der Waals surface area contributed by atoms with Crippen LogP contribution in [0.2, 0.25) is 0 Å². The maximum Gasteiger partial charge on any atom is 0.305 e. The fourth-order valence-corrected chi connectivity index (χ4v) is 9.14. The maximum absolute atomic E-state index is 15.8. The van der Waals surface area contributed by atoms with Gasteiger partial charge in [-0.05, 0) is 95.5 Å². The van der Waals surface area contributed by atoms with E-state index in [2.05, 4.69) is 44.4 Å². The van der Waals surface area contributed by atoms with Gasteiger partial charge >= 0.3 is 5.69 Å². The van der Waals surface area contributed by atoms with Crippen molar-refractivity contribution in [1.82, 2.24) is 20.3 Å². The number of benzene rings is 2. The lowest BCUT2D eigenvalue weighted by atomic mass is 9.93. The molecule has 3 aliphatic rings. The van der Waals surface area contributed by atoms with Gasteiger partial charge in [-0.3, -0.25) is 15.5 Å². The Bertz CT molecular complexity index is 1980. The number of aromatic nitrogens is 2. The zero-order chi connectivity index (χ0) is 35.8. The summed E-state index contributed by atoms with van der Waals surface area (Å²) in [7, 11) is 1.32. The molecular formula is C33H38F2N8O5S2. The average Bonchev–Trinajstić information content (AvgIpc) is 3.80. The molecule has 6 rings (SSSR count). The summed E-state index contributed by atoms with van der Waals surface area (Å²) in [5, 5.41) is 15.7. The largest absolute Gasteiger partial charge is 0.490 e. The van der Waals surface area contributed by atoms with Crippen molar-refractivity contribution in [2.45, 2.75) is 65.1 Å². The van der Waals surface area contributed by atoms with Crippen molar-refractivity contribution in [1.29, 1.82) is 0 Å². The SMILES string of the molecule is COc1c(N=C2CC(C)=NN2)nc(Sc2ccc(S(=O)(=O)C3(c4cccc([N+](=O)[O-])c4F)CC3)cc2F)nc1N1CCC(CCN(C)C)CC1. The van der Waals surface area contributed by atoms with Gasteiger partial charge < -0.3 is 14.5 Å². The summed E-state index contributed by atoms with van der Waals surface area (Å²) in [6.45, 7) is 4.36. The number of nitrogens with one attached hydrogen (secondary N) is 1. The highest BCUT2D eigenvalue weighted by Gasteiger charge is 2.58. The van der Waals surface area contributed by atoms with E-state index in [9.17, 15) is 18.5 Å². The van der Waals surface area contributed by atoms with E-state index in [0.29, 0.717) is 29.7 Å². The summed E-state index contributed by atoms with van der Waals surface area (Å²) < 4.78 is 62.6. The van der Waals surface area contributed by atoms with Crippen LogP contribution < -0.4 is 15.1 Å². The Morgan fingerprint density at radius 2 is 1.92 bits per heavy atom. The number of anilines is 1. The molecule has 0 spiro atoms. The van der Waals surface area contributed by atoms with Crippen molar-refractivity contribution in [3.8, 4) is 5.75 Å². The van der Waals surface area contributed by atoms with Gasteiger partial charge in [0.15, 0.2) is 20.8 Å². The molecule has 0 amide bonds. The molecule has 2 fully saturated rings. The molecule has 1 aliphatic carbocycles. The van der Waals surface area contributed by atoms with Gasteiger partial charge in [0, 0.05) is 36.9 Å². The third kappa shape index (κ3) is 7.03. The number of nitro groups is 1. The number of amidine groups is 1. The van der Waals surface area contributed by atoms with Gasteiger partial charge in [-0.1, -0.05) is 12.1 Å². The molecule has 13 nitrogen and oxygen atoms in total. The molecule has 0 radical (unpaired) electrons. The Labute approximate surface area is 293 Å². The van der Waals surface area contributed by atoms with Gasteiger partial charge in [-0.2, -0.15) is 14.5 Å². The molecule has 1 aromatic heterocycles. The van der Waals surface area contributed by atoms with E-state index in [-0.39, 0.29) is 39.2 Å². The van der Waals surface area contributed by atoms with Crippen LogP contribution >= 0.6 is 11.8 Å². The predicted octanol–water partition coefficient (Wildman–Crippen LogP) is 5.85. The normalized spacial score (nSPS) is 18.3. The number of piperidine rings is 1. The summed E-state index contributed by atoms with van der Waals surface area (Å²) in [5.41, 5.74) is 2.64. The minimum atomic E-state index is -4.33. The molecule has 0 unspecified atom stereocenters. The van der Waals surface area contributed by atoms with Crippen LogP contribution in [0.5, 0.6) is 5.75 Å². The smallest absolute Gasteiger partial charge is 0.305 e. The van der Waals surface area contributed by atoms with E-state index in [1.165, 1.54) is 31.4 Å². The van der Waals surface area contributed by atoms with Crippen LogP contribution in [0.3, 0.4) is 0 Å². The molecule has 2 aromatic carbocycles. The Hall–Kier alpha value is -4.22. The lowest BCUT2D eigenvalue weighted by molar-refractivity contribution is -0.387. The minimum Gasteiger partial charge on any atom is -0.490 e. The second kappa shape index (κ2) is 14.2. The van der Waals surface area contributed by atoms with E-state index in [4.69, 9.17) is 9.72 Å². The first-order valence-electron chi connectivity index (χ1n) is 16.2. The molecule has 17 heteroatoms. The van der Waals surface area contributed by atoms with Crippen LogP contribution in [-0.2, 0) is 14.6 Å². The Morgan fingerprint density at radius 1 is 1.18 bits per heavy atom. The highest BCUT2D eigenvalue weighted by molar-refractivity contribution is 7.99. The summed E-state index contributed by atoms with van der Waals surface area (Å²) in [4.78, 5) is 28.5. The molecule has 0 atom stereocenters. The standard InChI is InChI=1S/C33H38F2N8O5S2/c1-20-18-27(40-39-20)36-30-29(48-4)31(42-16-11-21(12-17-42)10-15-41(2)3)38-32(37-30)49-26-9-8-22(19-24(26)34)50(46,47)33(13-14-33)23-6-5-7-25(28(23)35)43(44)45/h5-9,19,21H,10-18H2,1-4H3,(H,36,37,38,40). The first-order chi connectivity index (χ1) is 23.8. The topological polar surface area (TPSA) is 156 Å². The number of hydrogen-bond acceptors (Lipinski definition) is 12. The molecule has 1 saturated carbocycles. The summed E-state index contributed by atoms with van der Waals surface area (Å²) in [6, 6.07) is 6.91. The molecule has 266 valence electrons. The van der Waals surface area contributed by atoms with Crippen LogP contribution in [0.1, 0.15) is 51.0 Å². The lowest BCUT2D eigenvalue weighted by Gasteiger charge is -2.34. The molecule has 50 heavy (non-hydrogen) atoms. The first-order valence-corrected chi connectivity index (χ1v) is 18.5. The lowest BCUT2D eigenvalue weighted by Crippen LogP contribution is -2.35. The fraction of sp³-hybridized carbons (Fsp3) is 0.455. The van der Waals surface area contributed by atoms with Crippen LogP contribution in [0.15, 0.2) is 61.4 Å². The van der Waals surface area contributed by atoms with Gasteiger partial charge in [0.1, 0.15) is 16.4 Å². The summed E-state index contributed by atoms with van der Waals surface area (Å²) in [6.07, 6.45) is 3.62. The van der Waals surface area contributed by atoms with E-state index < -0.39 is 36.8 Å². The van der Waals surface area contributed by atoms with Crippen molar-refractivity contribution >= 4 is 50.5 Å². The highest BCUT2D eigenvalue weighted by Crippen LogP contribution is 2.56. The number of hydrogen-bond donors (Lipinski definition) is 1. The predicted molar refractivity (Wildman–Crippen MR) is 186 cm³/mol. The number of nitro benzene ring substituents is 1. The number of ether oxygens (including phenoxy) is 1. The number of aliphatic imine (C=N–C) groups is 1. The van der Waals surface area contributed by atoms with Gasteiger partial charge in [0.2, 0.25) is 17.4 Å². The Morgan fingerprint density at radius 3 is 2.52 bits per heavy atom. The highest BCUT2D eigenvalue weighted by atomic mass is 32.2. The Kier molecular flexibility index (Phi) is 10.1. The van der Waals surface area contributed by atoms with Crippen molar-refractivity contribution < 1.29 is 26.9 Å². The first kappa shape index (κ1) is 35.6. The van der Waals surface area contributed by atoms with Crippen LogP contribution in [0, 0.1) is 27.7 Å². The van der Waals surface area contributed by atoms with Gasteiger partial charge in [0.05, 0.1) is 21.8 Å². The third-order valence-corrected chi connectivity index (χ3v) is 12.7. The molecule has 2 aliphatic heterocycles. The second-order valence-electron chi connectivity index (χ2n) is 13.0. The van der Waals surface area contributed by atoms with E-state index in [0.717, 1.165) is 68.5 Å². The van der Waals surface area contributed by atoms with Crippen LogP contribution in [0.25, 0.3) is 0 Å². The molecule has 1 N–H and O–H groups in total. The molecule has 3 aromatic rings. The van der Waals surface area contributed by atoms with E-state index >= 15 is 8.78 Å².